The molecule has 1 amide bonds. The summed E-state index contributed by atoms with van der Waals surface area (Å²) in [6.07, 6.45) is 1.29. The fourth-order valence-electron chi connectivity index (χ4n) is 1.38. The topological polar surface area (TPSA) is 140 Å². The molecule has 0 bridgehead atoms. The minimum Gasteiger partial charge on any atom is -0.397 e. The molecule has 19 heavy (non-hydrogen) atoms. The monoisotopic (exact) mass is 287 g/mol. The molecule has 1 rings (SSSR count). The molecular formula is C10H17N5O3S. The van der Waals surface area contributed by atoms with Gasteiger partial charge >= 0.3 is 0 Å². The van der Waals surface area contributed by atoms with E-state index < -0.39 is 15.9 Å². The number of pyridine rings is 1. The van der Waals surface area contributed by atoms with Crippen LogP contribution in [0, 0.1) is 0 Å². The molecule has 1 heterocycles. The van der Waals surface area contributed by atoms with Gasteiger partial charge < -0.3 is 16.8 Å². The molecular weight excluding hydrogens is 270 g/mol. The van der Waals surface area contributed by atoms with Crippen molar-refractivity contribution in [2.75, 3.05) is 29.9 Å². The molecule has 0 aromatic carbocycles. The first-order chi connectivity index (χ1) is 8.85. The number of carbonyl (C=O) groups is 1. The van der Waals surface area contributed by atoms with Gasteiger partial charge in [0.05, 0.1) is 23.2 Å². The zero-order valence-electron chi connectivity index (χ0n) is 10.5. The Morgan fingerprint density at radius 3 is 2.74 bits per heavy atom. The van der Waals surface area contributed by atoms with E-state index in [4.69, 9.17) is 11.5 Å². The predicted octanol–water partition coefficient (Wildman–Crippen LogP) is -0.886. The maximum atomic E-state index is 11.4. The van der Waals surface area contributed by atoms with E-state index in [1.807, 2.05) is 0 Å². The summed E-state index contributed by atoms with van der Waals surface area (Å²) in [5.74, 6) is -0.420. The lowest BCUT2D eigenvalue weighted by atomic mass is 10.2. The number of nitrogen functional groups attached to an aromatic ring is 1. The van der Waals surface area contributed by atoms with Crippen LogP contribution in [0.1, 0.15) is 17.3 Å². The molecule has 0 aliphatic heterocycles. The van der Waals surface area contributed by atoms with Crippen LogP contribution in [-0.2, 0) is 10.0 Å². The first-order valence-electron chi connectivity index (χ1n) is 5.62. The van der Waals surface area contributed by atoms with Crippen molar-refractivity contribution < 1.29 is 13.2 Å². The number of aromatic nitrogens is 1. The highest BCUT2D eigenvalue weighted by molar-refractivity contribution is 7.89. The number of anilines is 2. The number of rotatable bonds is 7. The van der Waals surface area contributed by atoms with Gasteiger partial charge in [-0.3, -0.25) is 4.79 Å². The van der Waals surface area contributed by atoms with E-state index in [-0.39, 0.29) is 23.5 Å². The Balaban J connectivity index is 2.64. The van der Waals surface area contributed by atoms with Crippen LogP contribution in [0.25, 0.3) is 0 Å². The molecule has 1 aromatic heterocycles. The molecule has 6 N–H and O–H groups in total. The van der Waals surface area contributed by atoms with Crippen molar-refractivity contribution in [2.24, 2.45) is 5.73 Å². The zero-order valence-corrected chi connectivity index (χ0v) is 11.3. The molecule has 0 atom stereocenters. The lowest BCUT2D eigenvalue weighted by molar-refractivity contribution is 0.100. The van der Waals surface area contributed by atoms with Crippen molar-refractivity contribution in [2.45, 2.75) is 6.92 Å². The first kappa shape index (κ1) is 15.2. The van der Waals surface area contributed by atoms with Crippen molar-refractivity contribution in [1.29, 1.82) is 0 Å². The normalized spacial score (nSPS) is 11.2. The van der Waals surface area contributed by atoms with Gasteiger partial charge in [-0.15, -0.1) is 0 Å². The van der Waals surface area contributed by atoms with Crippen LogP contribution in [0.5, 0.6) is 0 Å². The molecule has 0 radical (unpaired) electrons. The summed E-state index contributed by atoms with van der Waals surface area (Å²) in [7, 11) is -3.29. The molecule has 0 fully saturated rings. The number of amides is 1. The first-order valence-corrected chi connectivity index (χ1v) is 7.27. The molecule has 1 aromatic rings. The lowest BCUT2D eigenvalue weighted by Gasteiger charge is -2.08. The van der Waals surface area contributed by atoms with Crippen LogP contribution in [0.3, 0.4) is 0 Å². The van der Waals surface area contributed by atoms with E-state index in [2.05, 4.69) is 15.0 Å². The number of hydrogen-bond donors (Lipinski definition) is 4. The van der Waals surface area contributed by atoms with Gasteiger partial charge in [0.1, 0.15) is 5.82 Å². The highest BCUT2D eigenvalue weighted by atomic mass is 32.2. The van der Waals surface area contributed by atoms with Crippen molar-refractivity contribution in [3.05, 3.63) is 17.8 Å². The Labute approximate surface area is 111 Å². The second-order valence-corrected chi connectivity index (χ2v) is 5.69. The number of primary amides is 1. The van der Waals surface area contributed by atoms with Crippen LogP contribution in [0.2, 0.25) is 0 Å². The maximum absolute atomic E-state index is 11.4. The summed E-state index contributed by atoms with van der Waals surface area (Å²) >= 11 is 0. The largest absolute Gasteiger partial charge is 0.397 e. The standard InChI is InChI=1S/C10H17N5O3S/c1-2-15-19(17,18)4-3-13-9-5-7(10(12)16)8(11)6-14-9/h5-6,15H,2-4,11H2,1H3,(H2,12,16)(H,13,14). The molecule has 0 saturated carbocycles. The fraction of sp³-hybridized carbons (Fsp3) is 0.400. The quantitative estimate of drug-likeness (QED) is 0.513. The molecule has 0 spiro atoms. The number of sulfonamides is 1. The summed E-state index contributed by atoms with van der Waals surface area (Å²) in [4.78, 5) is 15.0. The number of nitrogens with two attached hydrogens (primary N) is 2. The predicted molar refractivity (Wildman–Crippen MR) is 73.1 cm³/mol. The van der Waals surface area contributed by atoms with Gasteiger partial charge in [0.15, 0.2) is 0 Å². The van der Waals surface area contributed by atoms with Crippen LogP contribution in [0.4, 0.5) is 11.5 Å². The third kappa shape index (κ3) is 4.72. The second kappa shape index (κ2) is 6.34. The molecule has 0 aliphatic carbocycles. The van der Waals surface area contributed by atoms with E-state index in [9.17, 15) is 13.2 Å². The second-order valence-electron chi connectivity index (χ2n) is 3.76. The van der Waals surface area contributed by atoms with Crippen molar-refractivity contribution >= 4 is 27.4 Å². The van der Waals surface area contributed by atoms with Gasteiger partial charge in [-0.25, -0.2) is 18.1 Å². The molecule has 8 nitrogen and oxygen atoms in total. The molecule has 0 unspecified atom stereocenters. The molecule has 106 valence electrons. The third-order valence-corrected chi connectivity index (χ3v) is 3.71. The van der Waals surface area contributed by atoms with E-state index in [1.54, 1.807) is 6.92 Å². The number of hydrogen-bond acceptors (Lipinski definition) is 6. The highest BCUT2D eigenvalue weighted by Crippen LogP contribution is 2.13. The minimum atomic E-state index is -3.29. The summed E-state index contributed by atoms with van der Waals surface area (Å²) in [5.41, 5.74) is 11.0. The number of carbonyl (C=O) groups excluding carboxylic acids is 1. The van der Waals surface area contributed by atoms with Gasteiger partial charge in [-0.2, -0.15) is 0 Å². The zero-order chi connectivity index (χ0) is 14.5. The SMILES string of the molecule is CCNS(=O)(=O)CCNc1cc(C(N)=O)c(N)cn1. The lowest BCUT2D eigenvalue weighted by Crippen LogP contribution is -2.29. The van der Waals surface area contributed by atoms with Crippen LogP contribution >= 0.6 is 0 Å². The summed E-state index contributed by atoms with van der Waals surface area (Å²) in [6, 6.07) is 1.39. The number of nitrogens with one attached hydrogen (secondary N) is 2. The van der Waals surface area contributed by atoms with Crippen LogP contribution in [-0.4, -0.2) is 38.2 Å². The van der Waals surface area contributed by atoms with Gasteiger partial charge in [0, 0.05) is 13.1 Å². The van der Waals surface area contributed by atoms with Crippen molar-refractivity contribution in [3.8, 4) is 0 Å². The van der Waals surface area contributed by atoms with Gasteiger partial charge in [0.25, 0.3) is 5.91 Å². The Morgan fingerprint density at radius 2 is 2.16 bits per heavy atom. The van der Waals surface area contributed by atoms with Crippen LogP contribution in [0.15, 0.2) is 12.3 Å². The van der Waals surface area contributed by atoms with Crippen LogP contribution < -0.4 is 21.5 Å². The van der Waals surface area contributed by atoms with Crippen molar-refractivity contribution in [3.63, 3.8) is 0 Å². The average Bonchev–Trinajstić information content (AvgIpc) is 2.30. The van der Waals surface area contributed by atoms with Crippen molar-refractivity contribution in [1.82, 2.24) is 9.71 Å². The Morgan fingerprint density at radius 1 is 1.47 bits per heavy atom. The highest BCUT2D eigenvalue weighted by Gasteiger charge is 2.10. The Bertz CT molecular complexity index is 558. The smallest absolute Gasteiger partial charge is 0.250 e. The minimum absolute atomic E-state index is 0.0984. The van der Waals surface area contributed by atoms with E-state index >= 15 is 0 Å². The summed E-state index contributed by atoms with van der Waals surface area (Å²) < 4.78 is 25.1. The van der Waals surface area contributed by atoms with E-state index in [1.165, 1.54) is 12.3 Å². The summed E-state index contributed by atoms with van der Waals surface area (Å²) in [5, 5.41) is 2.79. The Hall–Kier alpha value is -1.87. The van der Waals surface area contributed by atoms with Gasteiger partial charge in [0.2, 0.25) is 10.0 Å². The molecule has 0 saturated heterocycles. The van der Waals surface area contributed by atoms with Gasteiger partial charge in [-0.05, 0) is 6.07 Å². The third-order valence-electron chi connectivity index (χ3n) is 2.24. The Kier molecular flexibility index (Phi) is 5.07. The van der Waals surface area contributed by atoms with E-state index in [0.29, 0.717) is 12.4 Å². The summed E-state index contributed by atoms with van der Waals surface area (Å²) in [6.45, 7) is 2.20. The fourth-order valence-corrected chi connectivity index (χ4v) is 2.34. The molecule has 0 aliphatic rings. The van der Waals surface area contributed by atoms with Gasteiger partial charge in [-0.1, -0.05) is 6.92 Å². The number of nitrogens with zero attached hydrogens (tertiary/aromatic N) is 1. The molecule has 9 heteroatoms. The average molecular weight is 287 g/mol. The maximum Gasteiger partial charge on any atom is 0.250 e. The van der Waals surface area contributed by atoms with E-state index in [0.717, 1.165) is 0 Å².